The van der Waals surface area contributed by atoms with Gasteiger partial charge in [0, 0.05) is 6.04 Å². The molecular formula is C17H19NO3. The Morgan fingerprint density at radius 3 is 2.57 bits per heavy atom. The molecule has 0 aromatic heterocycles. The molecule has 0 heterocycles. The third-order valence-corrected chi connectivity index (χ3v) is 3.03. The maximum absolute atomic E-state index is 11.8. The van der Waals surface area contributed by atoms with Gasteiger partial charge >= 0.3 is 5.97 Å². The molecule has 0 aliphatic carbocycles. The van der Waals surface area contributed by atoms with E-state index < -0.39 is 5.97 Å². The normalized spacial score (nSPS) is 10.6. The van der Waals surface area contributed by atoms with Crippen molar-refractivity contribution in [3.63, 3.8) is 0 Å². The van der Waals surface area contributed by atoms with E-state index in [1.165, 1.54) is 0 Å². The van der Waals surface area contributed by atoms with Crippen LogP contribution in [0.2, 0.25) is 0 Å². The number of nitrogens with one attached hydrogen (secondary N) is 1. The molecule has 1 amide bonds. The number of esters is 1. The molecule has 0 saturated heterocycles. The first-order valence-corrected chi connectivity index (χ1v) is 6.98. The van der Waals surface area contributed by atoms with Gasteiger partial charge in [-0.25, -0.2) is 0 Å². The maximum Gasteiger partial charge on any atom is 0.310 e. The van der Waals surface area contributed by atoms with Gasteiger partial charge in [-0.05, 0) is 30.2 Å². The van der Waals surface area contributed by atoms with E-state index in [2.05, 4.69) is 5.32 Å². The highest BCUT2D eigenvalue weighted by Crippen LogP contribution is 2.19. The third-order valence-electron chi connectivity index (χ3n) is 3.03. The molecule has 0 fully saturated rings. The number of hydrogen-bond donors (Lipinski definition) is 1. The van der Waals surface area contributed by atoms with E-state index in [1.54, 1.807) is 0 Å². The third kappa shape index (κ3) is 4.31. The molecule has 4 nitrogen and oxygen atoms in total. The van der Waals surface area contributed by atoms with Crippen molar-refractivity contribution in [3.05, 3.63) is 48.0 Å². The van der Waals surface area contributed by atoms with Gasteiger partial charge in [-0.2, -0.15) is 0 Å². The molecule has 4 heteroatoms. The molecule has 0 aliphatic rings. The van der Waals surface area contributed by atoms with Crippen molar-refractivity contribution in [2.24, 2.45) is 0 Å². The zero-order valence-corrected chi connectivity index (χ0v) is 12.3. The molecule has 2 aromatic rings. The minimum absolute atomic E-state index is 0.0364. The highest BCUT2D eigenvalue weighted by molar-refractivity contribution is 5.89. The van der Waals surface area contributed by atoms with E-state index in [9.17, 15) is 9.59 Å². The zero-order chi connectivity index (χ0) is 15.2. The Morgan fingerprint density at radius 2 is 1.81 bits per heavy atom. The van der Waals surface area contributed by atoms with Gasteiger partial charge in [-0.3, -0.25) is 9.59 Å². The van der Waals surface area contributed by atoms with Gasteiger partial charge in [0.05, 0.1) is 6.42 Å². The van der Waals surface area contributed by atoms with Crippen LogP contribution >= 0.6 is 0 Å². The molecule has 0 bridgehead atoms. The van der Waals surface area contributed by atoms with Crippen LogP contribution in [-0.2, 0) is 20.7 Å². The number of carbonyl (C=O) groups is 2. The standard InChI is InChI=1S/C17H19NO3/c1-12(2)18-16(19)11-21-17(20)10-14-8-5-7-13-6-3-4-9-15(13)14/h3-9,12H,10-11H2,1-2H3,(H,18,19). The van der Waals surface area contributed by atoms with Crippen molar-refractivity contribution in [2.45, 2.75) is 26.3 Å². The summed E-state index contributed by atoms with van der Waals surface area (Å²) in [5, 5.41) is 4.79. The molecule has 0 spiro atoms. The highest BCUT2D eigenvalue weighted by Gasteiger charge is 2.10. The summed E-state index contributed by atoms with van der Waals surface area (Å²) in [7, 11) is 0. The van der Waals surface area contributed by atoms with E-state index in [-0.39, 0.29) is 25.0 Å². The minimum atomic E-state index is -0.398. The molecule has 0 unspecified atom stereocenters. The van der Waals surface area contributed by atoms with Gasteiger partial charge < -0.3 is 10.1 Å². The van der Waals surface area contributed by atoms with Crippen LogP contribution in [0.25, 0.3) is 10.8 Å². The summed E-state index contributed by atoms with van der Waals surface area (Å²) < 4.78 is 5.01. The lowest BCUT2D eigenvalue weighted by Crippen LogP contribution is -2.34. The average molecular weight is 285 g/mol. The lowest BCUT2D eigenvalue weighted by atomic mass is 10.0. The molecule has 110 valence electrons. The molecule has 0 saturated carbocycles. The number of fused-ring (bicyclic) bond motifs is 1. The van der Waals surface area contributed by atoms with Crippen molar-refractivity contribution >= 4 is 22.6 Å². The van der Waals surface area contributed by atoms with Crippen LogP contribution in [0.15, 0.2) is 42.5 Å². The summed E-state index contributed by atoms with van der Waals surface area (Å²) in [6, 6.07) is 13.7. The Kier molecular flexibility index (Phi) is 4.93. The van der Waals surface area contributed by atoms with E-state index in [4.69, 9.17) is 4.74 Å². The summed E-state index contributed by atoms with van der Waals surface area (Å²) in [6.07, 6.45) is 0.163. The zero-order valence-electron chi connectivity index (χ0n) is 12.3. The van der Waals surface area contributed by atoms with E-state index >= 15 is 0 Å². The fraction of sp³-hybridized carbons (Fsp3) is 0.294. The van der Waals surface area contributed by atoms with Crippen molar-refractivity contribution in [3.8, 4) is 0 Å². The molecular weight excluding hydrogens is 266 g/mol. The van der Waals surface area contributed by atoms with Crippen LogP contribution in [0.5, 0.6) is 0 Å². The molecule has 0 atom stereocenters. The van der Waals surface area contributed by atoms with Crippen molar-refractivity contribution in [1.29, 1.82) is 0 Å². The van der Waals surface area contributed by atoms with Gasteiger partial charge in [0.15, 0.2) is 6.61 Å². The van der Waals surface area contributed by atoms with Crippen LogP contribution in [0.4, 0.5) is 0 Å². The second-order valence-electron chi connectivity index (χ2n) is 5.20. The predicted octanol–water partition coefficient (Wildman–Crippen LogP) is 2.45. The molecule has 21 heavy (non-hydrogen) atoms. The average Bonchev–Trinajstić information content (AvgIpc) is 2.45. The summed E-state index contributed by atoms with van der Waals surface area (Å²) in [6.45, 7) is 3.48. The van der Waals surface area contributed by atoms with Crippen LogP contribution in [0, 0.1) is 0 Å². The first-order valence-electron chi connectivity index (χ1n) is 6.98. The largest absolute Gasteiger partial charge is 0.455 e. The summed E-state index contributed by atoms with van der Waals surface area (Å²) in [5.41, 5.74) is 0.905. The minimum Gasteiger partial charge on any atom is -0.455 e. The molecule has 2 aromatic carbocycles. The summed E-state index contributed by atoms with van der Waals surface area (Å²) >= 11 is 0. The smallest absolute Gasteiger partial charge is 0.310 e. The predicted molar refractivity (Wildman–Crippen MR) is 81.9 cm³/mol. The van der Waals surface area contributed by atoms with Crippen LogP contribution in [0.3, 0.4) is 0 Å². The first kappa shape index (κ1) is 15.0. The number of amides is 1. The summed E-state index contributed by atoms with van der Waals surface area (Å²) in [4.78, 5) is 23.3. The molecule has 1 N–H and O–H groups in total. The maximum atomic E-state index is 11.8. The Bertz CT molecular complexity index is 644. The Morgan fingerprint density at radius 1 is 1.10 bits per heavy atom. The van der Waals surface area contributed by atoms with E-state index in [0.717, 1.165) is 16.3 Å². The number of benzene rings is 2. The number of rotatable bonds is 5. The SMILES string of the molecule is CC(C)NC(=O)COC(=O)Cc1cccc2ccccc12. The lowest BCUT2D eigenvalue weighted by molar-refractivity contribution is -0.148. The van der Waals surface area contributed by atoms with Crippen LogP contribution in [-0.4, -0.2) is 24.5 Å². The van der Waals surface area contributed by atoms with Crippen LogP contribution < -0.4 is 5.32 Å². The Labute approximate surface area is 124 Å². The molecule has 0 aliphatic heterocycles. The molecule has 2 rings (SSSR count). The van der Waals surface area contributed by atoms with E-state index in [1.807, 2.05) is 56.3 Å². The van der Waals surface area contributed by atoms with Crippen LogP contribution in [0.1, 0.15) is 19.4 Å². The highest BCUT2D eigenvalue weighted by atomic mass is 16.5. The van der Waals surface area contributed by atoms with Gasteiger partial charge in [0.2, 0.25) is 0 Å². The fourth-order valence-corrected chi connectivity index (χ4v) is 2.16. The topological polar surface area (TPSA) is 55.4 Å². The van der Waals surface area contributed by atoms with E-state index in [0.29, 0.717) is 0 Å². The number of carbonyl (C=O) groups excluding carboxylic acids is 2. The van der Waals surface area contributed by atoms with Gasteiger partial charge in [0.1, 0.15) is 0 Å². The van der Waals surface area contributed by atoms with Gasteiger partial charge in [-0.1, -0.05) is 42.5 Å². The second kappa shape index (κ2) is 6.88. The number of hydrogen-bond acceptors (Lipinski definition) is 3. The first-order chi connectivity index (χ1) is 10.1. The quantitative estimate of drug-likeness (QED) is 0.859. The second-order valence-corrected chi connectivity index (χ2v) is 5.20. The Balaban J connectivity index is 1.97. The molecule has 0 radical (unpaired) electrons. The monoisotopic (exact) mass is 285 g/mol. The van der Waals surface area contributed by atoms with Gasteiger partial charge in [0.25, 0.3) is 5.91 Å². The lowest BCUT2D eigenvalue weighted by Gasteiger charge is -2.09. The van der Waals surface area contributed by atoms with Crippen molar-refractivity contribution in [2.75, 3.05) is 6.61 Å². The summed E-state index contributed by atoms with van der Waals surface area (Å²) in [5.74, 6) is -0.679. The van der Waals surface area contributed by atoms with Crippen molar-refractivity contribution < 1.29 is 14.3 Å². The van der Waals surface area contributed by atoms with Gasteiger partial charge in [-0.15, -0.1) is 0 Å². The fourth-order valence-electron chi connectivity index (χ4n) is 2.16. The Hall–Kier alpha value is -2.36. The number of ether oxygens (including phenoxy) is 1. The van der Waals surface area contributed by atoms with Crippen molar-refractivity contribution in [1.82, 2.24) is 5.32 Å².